The van der Waals surface area contributed by atoms with Gasteiger partial charge in [0.05, 0.1) is 13.2 Å². The maximum atomic E-state index is 9.87. The number of ether oxygens (including phenoxy) is 1. The molecule has 0 radical (unpaired) electrons. The molecule has 5 heteroatoms. The van der Waals surface area contributed by atoms with E-state index in [4.69, 9.17) is 4.74 Å². The van der Waals surface area contributed by atoms with Crippen molar-refractivity contribution in [1.82, 2.24) is 15.1 Å². The summed E-state index contributed by atoms with van der Waals surface area (Å²) >= 11 is 0. The SMILES string of the molecule is OCC1(Cc2ccccc2)CN(Cc2ccn[nH]2)CCO1. The van der Waals surface area contributed by atoms with Gasteiger partial charge < -0.3 is 9.84 Å². The number of aromatic nitrogens is 2. The van der Waals surface area contributed by atoms with Gasteiger partial charge in [0.15, 0.2) is 0 Å². The highest BCUT2D eigenvalue weighted by Crippen LogP contribution is 2.23. The average molecular weight is 287 g/mol. The Morgan fingerprint density at radius 3 is 2.86 bits per heavy atom. The summed E-state index contributed by atoms with van der Waals surface area (Å²) in [6, 6.07) is 12.2. The second-order valence-electron chi connectivity index (χ2n) is 5.64. The van der Waals surface area contributed by atoms with Crippen LogP contribution < -0.4 is 0 Å². The molecule has 2 heterocycles. The minimum atomic E-state index is -0.514. The fraction of sp³-hybridized carbons (Fsp3) is 0.438. The predicted octanol–water partition coefficient (Wildman–Crippen LogP) is 1.22. The Labute approximate surface area is 124 Å². The molecule has 1 aromatic carbocycles. The normalized spacial score (nSPS) is 23.3. The molecule has 3 rings (SSSR count). The van der Waals surface area contributed by atoms with Crippen molar-refractivity contribution in [2.75, 3.05) is 26.3 Å². The molecule has 5 nitrogen and oxygen atoms in total. The van der Waals surface area contributed by atoms with Crippen LogP contribution in [-0.2, 0) is 17.7 Å². The molecule has 1 fully saturated rings. The minimum Gasteiger partial charge on any atom is -0.393 e. The molecule has 0 aliphatic carbocycles. The van der Waals surface area contributed by atoms with Crippen molar-refractivity contribution in [1.29, 1.82) is 0 Å². The molecule has 0 bridgehead atoms. The highest BCUT2D eigenvalue weighted by Gasteiger charge is 2.36. The van der Waals surface area contributed by atoms with Crippen molar-refractivity contribution in [2.24, 2.45) is 0 Å². The zero-order valence-corrected chi connectivity index (χ0v) is 12.0. The fourth-order valence-electron chi connectivity index (χ4n) is 2.90. The molecule has 1 aliphatic heterocycles. The number of hydrogen-bond donors (Lipinski definition) is 2. The van der Waals surface area contributed by atoms with E-state index < -0.39 is 5.60 Å². The van der Waals surface area contributed by atoms with Gasteiger partial charge in [-0.3, -0.25) is 10.00 Å². The smallest absolute Gasteiger partial charge is 0.108 e. The summed E-state index contributed by atoms with van der Waals surface area (Å²) in [5.74, 6) is 0. The van der Waals surface area contributed by atoms with Crippen LogP contribution in [0.25, 0.3) is 0 Å². The molecule has 2 N–H and O–H groups in total. The molecule has 21 heavy (non-hydrogen) atoms. The van der Waals surface area contributed by atoms with Gasteiger partial charge in [-0.15, -0.1) is 0 Å². The van der Waals surface area contributed by atoms with E-state index in [0.29, 0.717) is 6.61 Å². The molecular weight excluding hydrogens is 266 g/mol. The van der Waals surface area contributed by atoms with E-state index >= 15 is 0 Å². The Morgan fingerprint density at radius 2 is 2.14 bits per heavy atom. The third-order valence-corrected chi connectivity index (χ3v) is 3.94. The van der Waals surface area contributed by atoms with E-state index in [2.05, 4.69) is 27.2 Å². The van der Waals surface area contributed by atoms with Crippen LogP contribution in [0.2, 0.25) is 0 Å². The third-order valence-electron chi connectivity index (χ3n) is 3.94. The van der Waals surface area contributed by atoms with Crippen molar-refractivity contribution >= 4 is 0 Å². The van der Waals surface area contributed by atoms with E-state index in [0.717, 1.165) is 31.7 Å². The number of rotatable bonds is 5. The minimum absolute atomic E-state index is 0.0291. The van der Waals surface area contributed by atoms with Crippen molar-refractivity contribution in [3.05, 3.63) is 53.9 Å². The Bertz CT molecular complexity index is 544. The topological polar surface area (TPSA) is 61.4 Å². The van der Waals surface area contributed by atoms with Gasteiger partial charge in [0.25, 0.3) is 0 Å². The summed E-state index contributed by atoms with van der Waals surface area (Å²) in [5.41, 5.74) is 1.76. The molecule has 0 spiro atoms. The quantitative estimate of drug-likeness (QED) is 0.868. The summed E-state index contributed by atoms with van der Waals surface area (Å²) in [6.07, 6.45) is 2.49. The maximum Gasteiger partial charge on any atom is 0.108 e. The summed E-state index contributed by atoms with van der Waals surface area (Å²) in [5, 5.41) is 16.8. The largest absolute Gasteiger partial charge is 0.393 e. The molecule has 0 amide bonds. The van der Waals surface area contributed by atoms with Crippen molar-refractivity contribution in [3.8, 4) is 0 Å². The van der Waals surface area contributed by atoms with E-state index in [-0.39, 0.29) is 6.61 Å². The van der Waals surface area contributed by atoms with Crippen LogP contribution in [-0.4, -0.2) is 52.1 Å². The number of aliphatic hydroxyl groups is 1. The number of aliphatic hydroxyl groups excluding tert-OH is 1. The first-order valence-corrected chi connectivity index (χ1v) is 7.29. The van der Waals surface area contributed by atoms with Crippen LogP contribution >= 0.6 is 0 Å². The highest BCUT2D eigenvalue weighted by atomic mass is 16.5. The van der Waals surface area contributed by atoms with Crippen LogP contribution in [0.1, 0.15) is 11.3 Å². The second kappa shape index (κ2) is 6.39. The molecule has 1 atom stereocenters. The number of H-pyrrole nitrogens is 1. The Kier molecular flexibility index (Phi) is 4.34. The van der Waals surface area contributed by atoms with E-state index in [9.17, 15) is 5.11 Å². The van der Waals surface area contributed by atoms with Crippen molar-refractivity contribution in [2.45, 2.75) is 18.6 Å². The number of morpholine rings is 1. The van der Waals surface area contributed by atoms with Crippen LogP contribution in [0.5, 0.6) is 0 Å². The third kappa shape index (κ3) is 3.50. The lowest BCUT2D eigenvalue weighted by Gasteiger charge is -2.41. The van der Waals surface area contributed by atoms with Gasteiger partial charge in [0.2, 0.25) is 0 Å². The lowest BCUT2D eigenvalue weighted by molar-refractivity contribution is -0.134. The molecule has 2 aromatic rings. The highest BCUT2D eigenvalue weighted by molar-refractivity contribution is 5.18. The first-order valence-electron chi connectivity index (χ1n) is 7.29. The Balaban J connectivity index is 1.69. The van der Waals surface area contributed by atoms with Crippen LogP contribution in [0, 0.1) is 0 Å². The zero-order chi connectivity index (χ0) is 14.5. The van der Waals surface area contributed by atoms with Gasteiger partial charge in [-0.2, -0.15) is 5.10 Å². The monoisotopic (exact) mass is 287 g/mol. The van der Waals surface area contributed by atoms with Gasteiger partial charge in [-0.05, 0) is 11.6 Å². The summed E-state index contributed by atoms with van der Waals surface area (Å²) in [6.45, 7) is 3.07. The molecular formula is C16H21N3O2. The molecule has 112 valence electrons. The predicted molar refractivity (Wildman–Crippen MR) is 79.8 cm³/mol. The molecule has 1 aliphatic rings. The molecule has 1 unspecified atom stereocenters. The number of nitrogens with zero attached hydrogens (tertiary/aromatic N) is 2. The first-order chi connectivity index (χ1) is 10.3. The van der Waals surface area contributed by atoms with Crippen LogP contribution in [0.4, 0.5) is 0 Å². The lowest BCUT2D eigenvalue weighted by Crippen LogP contribution is -2.55. The first kappa shape index (κ1) is 14.3. The summed E-state index contributed by atoms with van der Waals surface area (Å²) < 4.78 is 5.95. The summed E-state index contributed by atoms with van der Waals surface area (Å²) in [7, 11) is 0. The fourth-order valence-corrected chi connectivity index (χ4v) is 2.90. The van der Waals surface area contributed by atoms with E-state index in [1.54, 1.807) is 6.20 Å². The average Bonchev–Trinajstić information content (AvgIpc) is 3.01. The summed E-state index contributed by atoms with van der Waals surface area (Å²) in [4.78, 5) is 2.30. The van der Waals surface area contributed by atoms with Gasteiger partial charge in [0.1, 0.15) is 5.60 Å². The number of nitrogens with one attached hydrogen (secondary N) is 1. The second-order valence-corrected chi connectivity index (χ2v) is 5.64. The maximum absolute atomic E-state index is 9.87. The Hall–Kier alpha value is -1.69. The standard InChI is InChI=1S/C16H21N3O2/c20-13-16(10-14-4-2-1-3-5-14)12-19(8-9-21-16)11-15-6-7-17-18-15/h1-7,20H,8-13H2,(H,17,18). The lowest BCUT2D eigenvalue weighted by atomic mass is 9.93. The van der Waals surface area contributed by atoms with E-state index in [1.165, 1.54) is 5.56 Å². The molecule has 1 aromatic heterocycles. The molecule has 0 saturated carbocycles. The van der Waals surface area contributed by atoms with Gasteiger partial charge in [-0.25, -0.2) is 0 Å². The van der Waals surface area contributed by atoms with Gasteiger partial charge >= 0.3 is 0 Å². The number of benzene rings is 1. The van der Waals surface area contributed by atoms with Crippen LogP contribution in [0.15, 0.2) is 42.6 Å². The van der Waals surface area contributed by atoms with Crippen molar-refractivity contribution < 1.29 is 9.84 Å². The van der Waals surface area contributed by atoms with Gasteiger partial charge in [-0.1, -0.05) is 30.3 Å². The Morgan fingerprint density at radius 1 is 1.29 bits per heavy atom. The van der Waals surface area contributed by atoms with Crippen LogP contribution in [0.3, 0.4) is 0 Å². The number of aromatic amines is 1. The molecule has 1 saturated heterocycles. The van der Waals surface area contributed by atoms with E-state index in [1.807, 2.05) is 24.3 Å². The number of hydrogen-bond acceptors (Lipinski definition) is 4. The zero-order valence-electron chi connectivity index (χ0n) is 12.0. The van der Waals surface area contributed by atoms with Crippen molar-refractivity contribution in [3.63, 3.8) is 0 Å². The van der Waals surface area contributed by atoms with Gasteiger partial charge in [0, 0.05) is 37.9 Å².